The van der Waals surface area contributed by atoms with Crippen molar-refractivity contribution in [1.29, 1.82) is 0 Å². The lowest BCUT2D eigenvalue weighted by molar-refractivity contribution is -0.104. The molecule has 2 heterocycles. The van der Waals surface area contributed by atoms with Gasteiger partial charge in [-0.25, -0.2) is 4.98 Å². The predicted octanol–water partition coefficient (Wildman–Crippen LogP) is 7.50. The van der Waals surface area contributed by atoms with Gasteiger partial charge in [0.2, 0.25) is 0 Å². The van der Waals surface area contributed by atoms with Crippen molar-refractivity contribution >= 4 is 35.5 Å². The highest BCUT2D eigenvalue weighted by Gasteiger charge is 2.62. The maximum absolute atomic E-state index is 11.3. The van der Waals surface area contributed by atoms with Crippen LogP contribution in [0.3, 0.4) is 0 Å². The van der Waals surface area contributed by atoms with E-state index in [1.807, 2.05) is 24.0 Å². The van der Waals surface area contributed by atoms with Crippen LogP contribution >= 0.6 is 11.8 Å². The number of carbonyl (C=O) groups is 1. The zero-order valence-electron chi connectivity index (χ0n) is 19.8. The molecule has 2 nitrogen and oxygen atoms in total. The number of nitrogens with zero attached hydrogens (tertiary/aromatic N) is 1. The largest absolute Gasteiger partial charge is 0.299 e. The monoisotopic (exact) mass is 445 g/mol. The molecule has 2 aliphatic carbocycles. The van der Waals surface area contributed by atoms with Crippen molar-refractivity contribution < 1.29 is 4.79 Å². The Balaban J connectivity index is 1.31. The van der Waals surface area contributed by atoms with Crippen LogP contribution in [0.2, 0.25) is 11.6 Å². The van der Waals surface area contributed by atoms with Gasteiger partial charge in [0.05, 0.1) is 0 Å². The smallest absolute Gasteiger partial charge is 0.158 e. The summed E-state index contributed by atoms with van der Waals surface area (Å²) in [5, 5.41) is 4.26. The molecule has 1 aromatic carbocycles. The molecule has 5 unspecified atom stereocenters. The van der Waals surface area contributed by atoms with E-state index in [1.165, 1.54) is 65.4 Å². The van der Waals surface area contributed by atoms with Crippen LogP contribution in [-0.4, -0.2) is 23.6 Å². The lowest BCUT2D eigenvalue weighted by Crippen LogP contribution is -2.59. The second-order valence-electron chi connectivity index (χ2n) is 11.0. The first-order chi connectivity index (χ1) is 15.5. The molecule has 1 aromatic heterocycles. The summed E-state index contributed by atoms with van der Waals surface area (Å²) in [6.07, 6.45) is 13.8. The van der Waals surface area contributed by atoms with Gasteiger partial charge in [-0.15, -0.1) is 11.8 Å². The number of rotatable bonds is 6. The Bertz CT molecular complexity index is 1030. The third-order valence-corrected chi connectivity index (χ3v) is 10.9. The van der Waals surface area contributed by atoms with Crippen molar-refractivity contribution in [2.75, 3.05) is 5.65 Å². The molecule has 5 atom stereocenters. The molecule has 2 aromatic rings. The van der Waals surface area contributed by atoms with E-state index >= 15 is 0 Å². The number of pyridine rings is 1. The fourth-order valence-corrected chi connectivity index (χ4v) is 9.26. The van der Waals surface area contributed by atoms with Gasteiger partial charge in [-0.1, -0.05) is 69.8 Å². The first-order valence-corrected chi connectivity index (χ1v) is 13.6. The Hall–Kier alpha value is -1.55. The van der Waals surface area contributed by atoms with Crippen molar-refractivity contribution in [3.63, 3.8) is 0 Å². The average molecular weight is 445 g/mol. The van der Waals surface area contributed by atoms with E-state index in [1.54, 1.807) is 0 Å². The van der Waals surface area contributed by atoms with Gasteiger partial charge in [0.1, 0.15) is 11.3 Å². The Morgan fingerprint density at radius 1 is 1.19 bits per heavy atom. The summed E-state index contributed by atoms with van der Waals surface area (Å²) in [5.41, 5.74) is 2.85. The molecule has 5 rings (SSSR count). The first-order valence-electron chi connectivity index (χ1n) is 12.6. The Kier molecular flexibility index (Phi) is 6.03. The fraction of sp³-hybridized carbons (Fsp3) is 0.571. The van der Waals surface area contributed by atoms with Crippen LogP contribution in [0, 0.1) is 23.2 Å². The van der Waals surface area contributed by atoms with Crippen LogP contribution in [0.1, 0.15) is 59.3 Å². The molecular formula is C28H36BNOS. The van der Waals surface area contributed by atoms with Crippen LogP contribution in [-0.2, 0) is 4.79 Å². The minimum atomic E-state index is 0.229. The second kappa shape index (κ2) is 8.67. The summed E-state index contributed by atoms with van der Waals surface area (Å²) in [6.45, 7) is 8.16. The number of hydrogen-bond acceptors (Lipinski definition) is 3. The second-order valence-corrected chi connectivity index (χ2v) is 12.0. The van der Waals surface area contributed by atoms with Crippen LogP contribution in [0.25, 0.3) is 10.8 Å². The molecule has 4 heteroatoms. The van der Waals surface area contributed by atoms with E-state index in [-0.39, 0.29) is 5.41 Å². The topological polar surface area (TPSA) is 30.0 Å². The zero-order chi connectivity index (χ0) is 22.3. The normalized spacial score (nSPS) is 35.3. The summed E-state index contributed by atoms with van der Waals surface area (Å²) in [7, 11) is 0. The van der Waals surface area contributed by atoms with Crippen molar-refractivity contribution in [3.8, 4) is 0 Å². The highest BCUT2D eigenvalue weighted by atomic mass is 32.2. The molecule has 3 fully saturated rings. The molecule has 2 saturated carbocycles. The summed E-state index contributed by atoms with van der Waals surface area (Å²) >= 11 is 1.97. The Labute approximate surface area is 198 Å². The van der Waals surface area contributed by atoms with E-state index in [2.05, 4.69) is 51.1 Å². The van der Waals surface area contributed by atoms with Gasteiger partial charge in [-0.05, 0) is 77.3 Å². The predicted molar refractivity (Wildman–Crippen MR) is 137 cm³/mol. The van der Waals surface area contributed by atoms with E-state index in [0.717, 1.165) is 37.2 Å². The molecule has 168 valence electrons. The number of aldehydes is 1. The molecule has 1 saturated heterocycles. The molecule has 0 spiro atoms. The van der Waals surface area contributed by atoms with E-state index in [9.17, 15) is 4.79 Å². The van der Waals surface area contributed by atoms with Crippen molar-refractivity contribution in [2.45, 2.75) is 76.0 Å². The van der Waals surface area contributed by atoms with Gasteiger partial charge in [0, 0.05) is 11.6 Å². The highest BCUT2D eigenvalue weighted by molar-refractivity contribution is 8.00. The molecule has 0 radical (unpaired) electrons. The Morgan fingerprint density at radius 3 is 2.84 bits per heavy atom. The Morgan fingerprint density at radius 2 is 2.03 bits per heavy atom. The van der Waals surface area contributed by atoms with Gasteiger partial charge < -0.3 is 0 Å². The highest BCUT2D eigenvalue weighted by Crippen LogP contribution is 2.70. The number of thioether (sulfide) groups is 1. The zero-order valence-corrected chi connectivity index (χ0v) is 20.7. The molecule has 0 amide bonds. The SMILES string of the molecule is CCCC1(C)/C(=C\C=O)CCC2C3CB(CSc4nccc5ccccc45)C3(C)CCC21. The van der Waals surface area contributed by atoms with Gasteiger partial charge in [-0.2, -0.15) is 0 Å². The number of hydrogen-bond donors (Lipinski definition) is 0. The fourth-order valence-electron chi connectivity index (χ4n) is 7.91. The third kappa shape index (κ3) is 3.48. The quantitative estimate of drug-likeness (QED) is 0.200. The molecular weight excluding hydrogens is 409 g/mol. The van der Waals surface area contributed by atoms with Crippen LogP contribution in [0.5, 0.6) is 0 Å². The number of allylic oxidation sites excluding steroid dienone is 2. The molecule has 1 aliphatic heterocycles. The number of carbonyl (C=O) groups excluding carboxylic acids is 1. The van der Waals surface area contributed by atoms with Crippen LogP contribution < -0.4 is 0 Å². The summed E-state index contributed by atoms with van der Waals surface area (Å²) in [5.74, 6) is 2.46. The maximum atomic E-state index is 11.3. The van der Waals surface area contributed by atoms with Gasteiger partial charge in [0.15, 0.2) is 6.71 Å². The first kappa shape index (κ1) is 22.3. The third-order valence-electron chi connectivity index (χ3n) is 9.74. The van der Waals surface area contributed by atoms with Gasteiger partial charge in [0.25, 0.3) is 0 Å². The minimum absolute atomic E-state index is 0.229. The van der Waals surface area contributed by atoms with Crippen molar-refractivity contribution in [2.24, 2.45) is 23.2 Å². The standard InChI is InChI=1S/C28H36BNOS/c1-4-14-27(2)21(13-17-31)9-10-23-24(27)11-15-28(3)25(23)18-29(28)19-32-26-22-8-6-5-7-20(22)12-16-30-26/h5-8,12-13,16-17,23-25H,4,9-11,14-15,18-19H2,1-3H3/b21-13-. The summed E-state index contributed by atoms with van der Waals surface area (Å²) in [4.78, 5) is 16.1. The number of fused-ring (bicyclic) bond motifs is 4. The maximum Gasteiger partial charge on any atom is 0.158 e. The lowest BCUT2D eigenvalue weighted by atomic mass is 9.15. The van der Waals surface area contributed by atoms with E-state index in [4.69, 9.17) is 4.98 Å². The number of aromatic nitrogens is 1. The van der Waals surface area contributed by atoms with Gasteiger partial charge in [-0.3, -0.25) is 4.79 Å². The molecule has 0 bridgehead atoms. The average Bonchev–Trinajstić information content (AvgIpc) is 2.79. The molecule has 3 aliphatic rings. The van der Waals surface area contributed by atoms with Crippen LogP contribution in [0.15, 0.2) is 53.2 Å². The summed E-state index contributed by atoms with van der Waals surface area (Å²) < 4.78 is 0. The van der Waals surface area contributed by atoms with E-state index < -0.39 is 0 Å². The van der Waals surface area contributed by atoms with Crippen LogP contribution in [0.4, 0.5) is 0 Å². The van der Waals surface area contributed by atoms with Crippen molar-refractivity contribution in [3.05, 3.63) is 48.2 Å². The molecule has 32 heavy (non-hydrogen) atoms. The lowest BCUT2D eigenvalue weighted by Gasteiger charge is -2.65. The minimum Gasteiger partial charge on any atom is -0.299 e. The number of benzene rings is 1. The molecule has 0 N–H and O–H groups in total. The van der Waals surface area contributed by atoms with Crippen molar-refractivity contribution in [1.82, 2.24) is 4.98 Å². The van der Waals surface area contributed by atoms with E-state index in [0.29, 0.717) is 5.31 Å². The summed E-state index contributed by atoms with van der Waals surface area (Å²) in [6, 6.07) is 10.7. The van der Waals surface area contributed by atoms with Gasteiger partial charge >= 0.3 is 0 Å².